The molecule has 0 aliphatic carbocycles. The van der Waals surface area contributed by atoms with Crippen LogP contribution in [0.3, 0.4) is 0 Å². The molecule has 0 unspecified atom stereocenters. The number of aryl methyl sites for hydroxylation is 2. The number of nitrogens with zero attached hydrogens (tertiary/aromatic N) is 7. The number of rotatable bonds is 22. The van der Waals surface area contributed by atoms with Gasteiger partial charge < -0.3 is 59.9 Å². The van der Waals surface area contributed by atoms with Gasteiger partial charge in [-0.15, -0.1) is 0 Å². The number of Topliss-reactive ketones (excluding diaryl/α,β-unsaturated/α-hetero) is 2. The van der Waals surface area contributed by atoms with Gasteiger partial charge in [-0.05, 0) is 133 Å². The van der Waals surface area contributed by atoms with Gasteiger partial charge in [0, 0.05) is 86.7 Å². The molecule has 0 bridgehead atoms. The van der Waals surface area contributed by atoms with Gasteiger partial charge in [-0.25, -0.2) is 0 Å². The summed E-state index contributed by atoms with van der Waals surface area (Å²) in [6, 6.07) is -3.26. The average Bonchev–Trinajstić information content (AvgIpc) is 0.818. The first kappa shape index (κ1) is 87.8. The molecule has 2 aliphatic rings. The summed E-state index contributed by atoms with van der Waals surface area (Å²) in [5.74, 6) is -11.0. The summed E-state index contributed by atoms with van der Waals surface area (Å²) >= 11 is 0. The second kappa shape index (κ2) is 41.7. The number of hydrogen-bond acceptors (Lipinski definition) is 15. The van der Waals surface area contributed by atoms with Gasteiger partial charge in [0.2, 0.25) is 53.2 Å². The molecule has 0 aromatic heterocycles. The number of ketones is 2. The summed E-state index contributed by atoms with van der Waals surface area (Å²) in [6.07, 6.45) is 0.528. The minimum absolute atomic E-state index is 0.000876. The van der Waals surface area contributed by atoms with Crippen LogP contribution in [0.25, 0.3) is 0 Å². The zero-order chi connectivity index (χ0) is 75.9. The number of carbonyl (C=O) groups excluding carboxylic acids is 11. The minimum atomic E-state index is -1.69. The van der Waals surface area contributed by atoms with Gasteiger partial charge in [0.15, 0.2) is 11.6 Å². The largest absolute Gasteiger partial charge is 0.390 e. The third-order valence-electron chi connectivity index (χ3n) is 20.3. The lowest BCUT2D eigenvalue weighted by atomic mass is 9.85. The minimum Gasteiger partial charge on any atom is -0.390 e. The number of unbranched alkanes of at least 4 members (excludes halogenated alkanes) is 1. The molecular formula is C76H130N10O14. The highest BCUT2D eigenvalue weighted by atomic mass is 16.5. The van der Waals surface area contributed by atoms with Gasteiger partial charge in [0.1, 0.15) is 48.3 Å². The van der Waals surface area contributed by atoms with E-state index in [0.29, 0.717) is 38.9 Å². The van der Waals surface area contributed by atoms with Crippen LogP contribution in [0.2, 0.25) is 0 Å². The lowest BCUT2D eigenvalue weighted by Crippen LogP contribution is -2.63. The highest BCUT2D eigenvalue weighted by molar-refractivity contribution is 6.00. The highest BCUT2D eigenvalue weighted by Gasteiger charge is 2.45. The number of morpholine rings is 1. The molecule has 4 N–H and O–H groups in total. The molecule has 568 valence electrons. The van der Waals surface area contributed by atoms with Crippen molar-refractivity contribution in [3.05, 3.63) is 35.4 Å². The van der Waals surface area contributed by atoms with Crippen molar-refractivity contribution in [1.82, 2.24) is 50.2 Å². The average molecular weight is 1410 g/mol. The summed E-state index contributed by atoms with van der Waals surface area (Å²) in [6.45, 7) is 34.0. The predicted octanol–water partition coefficient (Wildman–Crippen LogP) is 6.33. The monoisotopic (exact) mass is 1410 g/mol. The fourth-order valence-electron chi connectivity index (χ4n) is 13.6. The standard InChI is InChI=1S/C76H130N10O14/c1-24-58-74(96)80(18)54(16)72(94)85(23)66(55(17)100-37-26-25-34-86-35-38-99-39-36-86)63(88)44-57(48(8)9)73(95)81(19)59(40-45(2)3)62(87)43-52(14)68(90)77-53(15)71(93)82(20)60(41-46(4)5)75(97)83(21)61(42-47(6)7)76(98)84(22)65(49(10)11)70(92)79-64(69(91)78-58)67(89)51(13)28-27-29-56-32-30-50(12)31-33-56/h30-33,45-49,51-55,57-61,64-67,89H,24-29,34-44H2,1-23H3,(H,77,90)(H,78,91)(H,79,92)/t51-,52-,53-,54-,55-,57+,58+,59+,60+,61+,64+,65+,66+,67-/m1/s1. The van der Waals surface area contributed by atoms with Crippen LogP contribution in [0.4, 0.5) is 0 Å². The number of nitrogens with one attached hydrogen (secondary N) is 3. The number of aliphatic hydroxyl groups excluding tert-OH is 1. The van der Waals surface area contributed by atoms with Gasteiger partial charge in [-0.1, -0.05) is 120 Å². The van der Waals surface area contributed by atoms with E-state index < -0.39 is 161 Å². The molecule has 2 saturated heterocycles. The number of hydrogen-bond donors (Lipinski definition) is 4. The molecule has 100 heavy (non-hydrogen) atoms. The van der Waals surface area contributed by atoms with Crippen molar-refractivity contribution in [1.29, 1.82) is 0 Å². The first-order valence-corrected chi connectivity index (χ1v) is 36.9. The molecule has 9 amide bonds. The van der Waals surface area contributed by atoms with Crippen molar-refractivity contribution in [2.75, 3.05) is 81.7 Å². The molecule has 1 aromatic rings. The van der Waals surface area contributed by atoms with Gasteiger partial charge in [0.05, 0.1) is 31.5 Å². The quantitative estimate of drug-likeness (QED) is 0.0923. The normalized spacial score (nSPS) is 26.7. The van der Waals surface area contributed by atoms with E-state index in [1.807, 2.05) is 72.7 Å². The van der Waals surface area contributed by atoms with Gasteiger partial charge in [0.25, 0.3) is 0 Å². The summed E-state index contributed by atoms with van der Waals surface area (Å²) in [7, 11) is 8.75. The van der Waals surface area contributed by atoms with Crippen LogP contribution in [0.1, 0.15) is 186 Å². The molecule has 1 aromatic carbocycles. The van der Waals surface area contributed by atoms with E-state index in [1.54, 1.807) is 55.4 Å². The SMILES string of the molecule is CC[C@@H]1NC(=O)[C@H]([C@H](O)[C@H](C)CCCc2ccc(C)cc2)NC(=O)[C@H](C(C)C)N(C)C(=O)[C@H](CC(C)C)N(C)C(=O)[C@H](CC(C)C)N(C)C(=O)[C@@H](C)NC(=O)[C@H](C)CC(=O)[C@H](CC(C)C)N(C)C(=O)[C@H](C(C)C)CC(=O)[C@H]([C@@H](C)OCCCCN2CCOCC2)N(C)C(=O)[C@@H](C)N(C)C1=O. The molecule has 0 radical (unpaired) electrons. The molecule has 3 rings (SSSR count). The van der Waals surface area contributed by atoms with Crippen LogP contribution in [0, 0.1) is 54.3 Å². The van der Waals surface area contributed by atoms with Crippen LogP contribution in [0.5, 0.6) is 0 Å². The zero-order valence-corrected chi connectivity index (χ0v) is 65.2. The van der Waals surface area contributed by atoms with Crippen LogP contribution >= 0.6 is 0 Å². The van der Waals surface area contributed by atoms with Crippen molar-refractivity contribution < 1.29 is 67.3 Å². The van der Waals surface area contributed by atoms with Crippen LogP contribution in [-0.4, -0.2) is 252 Å². The summed E-state index contributed by atoms with van der Waals surface area (Å²) in [5, 5.41) is 20.8. The number of ether oxygens (including phenoxy) is 2. The Balaban J connectivity index is 2.30. The van der Waals surface area contributed by atoms with Crippen molar-refractivity contribution in [3.63, 3.8) is 0 Å². The summed E-state index contributed by atoms with van der Waals surface area (Å²) in [4.78, 5) is 174. The number of carbonyl (C=O) groups is 11. The molecular weight excluding hydrogens is 1280 g/mol. The molecule has 2 heterocycles. The van der Waals surface area contributed by atoms with E-state index >= 15 is 33.6 Å². The number of likely N-dealkylation sites (N-methyl/N-ethyl adjacent to an activating group) is 6. The highest BCUT2D eigenvalue weighted by Crippen LogP contribution is 2.28. The fourth-order valence-corrected chi connectivity index (χ4v) is 13.6. The van der Waals surface area contributed by atoms with E-state index in [0.717, 1.165) is 37.2 Å². The van der Waals surface area contributed by atoms with E-state index in [4.69, 9.17) is 9.47 Å². The molecule has 24 heteroatoms. The predicted molar refractivity (Wildman–Crippen MR) is 388 cm³/mol. The molecule has 24 nitrogen and oxygen atoms in total. The van der Waals surface area contributed by atoms with Crippen molar-refractivity contribution >= 4 is 64.7 Å². The Kier molecular flexibility index (Phi) is 36.6. The fraction of sp³-hybridized carbons (Fsp3) is 0.776. The Morgan fingerprint density at radius 3 is 1.59 bits per heavy atom. The molecule has 0 spiro atoms. The molecule has 14 atom stereocenters. The maximum Gasteiger partial charge on any atom is 0.245 e. The Labute approximate surface area is 599 Å². The Morgan fingerprint density at radius 2 is 1.06 bits per heavy atom. The number of benzene rings is 1. The summed E-state index contributed by atoms with van der Waals surface area (Å²) in [5.41, 5.74) is 2.18. The molecule has 2 aliphatic heterocycles. The third kappa shape index (κ3) is 25.6. The maximum absolute atomic E-state index is 15.3. The third-order valence-corrected chi connectivity index (χ3v) is 20.3. The maximum atomic E-state index is 15.3. The van der Waals surface area contributed by atoms with Crippen molar-refractivity contribution in [2.45, 2.75) is 255 Å². The molecule has 0 saturated carbocycles. The van der Waals surface area contributed by atoms with Crippen LogP contribution < -0.4 is 16.0 Å². The lowest BCUT2D eigenvalue weighted by Gasteiger charge is -2.40. The van der Waals surface area contributed by atoms with Crippen LogP contribution in [0.15, 0.2) is 24.3 Å². The second-order valence-corrected chi connectivity index (χ2v) is 30.8. The Hall–Kier alpha value is -6.37. The first-order chi connectivity index (χ1) is 46.7. The number of amides is 9. The molecule has 2 fully saturated rings. The zero-order valence-electron chi connectivity index (χ0n) is 65.2. The van der Waals surface area contributed by atoms with E-state index in [1.165, 1.54) is 85.5 Å². The first-order valence-electron chi connectivity index (χ1n) is 36.9. The van der Waals surface area contributed by atoms with Gasteiger partial charge >= 0.3 is 0 Å². The number of aliphatic hydroxyl groups is 1. The van der Waals surface area contributed by atoms with Crippen LogP contribution in [-0.2, 0) is 68.6 Å². The topological polar surface area (TPSA) is 285 Å². The van der Waals surface area contributed by atoms with Gasteiger partial charge in [-0.2, -0.15) is 0 Å². The Bertz CT molecular complexity index is 2850. The van der Waals surface area contributed by atoms with Crippen molar-refractivity contribution in [2.24, 2.45) is 47.3 Å². The van der Waals surface area contributed by atoms with E-state index in [-0.39, 0.29) is 62.9 Å². The van der Waals surface area contributed by atoms with E-state index in [2.05, 4.69) is 20.9 Å². The smallest absolute Gasteiger partial charge is 0.245 e. The van der Waals surface area contributed by atoms with Crippen molar-refractivity contribution in [3.8, 4) is 0 Å². The second-order valence-electron chi connectivity index (χ2n) is 30.8. The lowest BCUT2D eigenvalue weighted by molar-refractivity contribution is -0.154. The van der Waals surface area contributed by atoms with E-state index in [9.17, 15) is 24.3 Å². The summed E-state index contributed by atoms with van der Waals surface area (Å²) < 4.78 is 11.9. The Morgan fingerprint density at radius 1 is 0.540 bits per heavy atom. The van der Waals surface area contributed by atoms with Gasteiger partial charge in [-0.3, -0.25) is 57.6 Å².